The van der Waals surface area contributed by atoms with E-state index in [2.05, 4.69) is 18.2 Å². The molecule has 0 aliphatic rings. The summed E-state index contributed by atoms with van der Waals surface area (Å²) >= 11 is 0. The highest BCUT2D eigenvalue weighted by molar-refractivity contribution is 6.08. The normalized spacial score (nSPS) is 13.7. The summed E-state index contributed by atoms with van der Waals surface area (Å²) in [5.41, 5.74) is 2.36. The number of ether oxygens (including phenoxy) is 1. The molecule has 0 spiro atoms. The monoisotopic (exact) mass is 316 g/mol. The van der Waals surface area contributed by atoms with Gasteiger partial charge >= 0.3 is 0 Å². The second-order valence-electron chi connectivity index (χ2n) is 4.98. The van der Waals surface area contributed by atoms with E-state index in [1.54, 1.807) is 37.2 Å². The summed E-state index contributed by atoms with van der Waals surface area (Å²) in [6, 6.07) is 0. The molecule has 1 amide bonds. The quantitative estimate of drug-likeness (QED) is 0.294. The lowest BCUT2D eigenvalue weighted by Crippen LogP contribution is -2.35. The van der Waals surface area contributed by atoms with E-state index in [9.17, 15) is 4.79 Å². The third-order valence-electron chi connectivity index (χ3n) is 3.12. The van der Waals surface area contributed by atoms with Crippen molar-refractivity contribution >= 4 is 11.7 Å². The Kier molecular flexibility index (Phi) is 9.31. The van der Waals surface area contributed by atoms with Crippen LogP contribution in [0.2, 0.25) is 0 Å². The zero-order valence-corrected chi connectivity index (χ0v) is 15.1. The largest absolute Gasteiger partial charge is 0.497 e. The van der Waals surface area contributed by atoms with E-state index >= 15 is 0 Å². The van der Waals surface area contributed by atoms with Gasteiger partial charge in [-0.2, -0.15) is 0 Å². The van der Waals surface area contributed by atoms with Gasteiger partial charge in [0, 0.05) is 18.3 Å². The molecule has 0 saturated heterocycles. The molecule has 4 nitrogen and oxygen atoms in total. The van der Waals surface area contributed by atoms with Gasteiger partial charge in [-0.3, -0.25) is 9.69 Å². The van der Waals surface area contributed by atoms with Crippen LogP contribution in [-0.4, -0.2) is 23.8 Å². The van der Waals surface area contributed by atoms with Crippen LogP contribution in [-0.2, 0) is 9.53 Å². The Balaban J connectivity index is 6.06. The van der Waals surface area contributed by atoms with E-state index < -0.39 is 0 Å². The maximum Gasteiger partial charge on any atom is 0.229 e. The smallest absolute Gasteiger partial charge is 0.229 e. The molecule has 126 valence electrons. The molecular formula is C19H28N2O2. The van der Waals surface area contributed by atoms with Gasteiger partial charge in [0.25, 0.3) is 0 Å². The third-order valence-corrected chi connectivity index (χ3v) is 3.12. The fourth-order valence-electron chi connectivity index (χ4n) is 2.00. The van der Waals surface area contributed by atoms with Crippen molar-refractivity contribution in [1.82, 2.24) is 4.90 Å². The maximum absolute atomic E-state index is 12.2. The number of carbonyl (C=O) groups excluding carboxylic acids is 1. The Hall–Kier alpha value is -2.36. The highest BCUT2D eigenvalue weighted by Crippen LogP contribution is 2.17. The second kappa shape index (κ2) is 10.4. The first kappa shape index (κ1) is 20.6. The lowest BCUT2D eigenvalue weighted by molar-refractivity contribution is -0.123. The third kappa shape index (κ3) is 6.51. The minimum absolute atomic E-state index is 0.113. The SMILES string of the molecule is C=C/C(=C\C=C(/C)N(C(C)=O)C(=NC(=C)C)/C(=C\C)CC)OC. The standard InChI is InChI=1S/C19H28N2O2/c1-9-17(10-2)19(20-14(4)5)21(16(7)22)15(6)12-13-18(11-3)23-8/h9,11-13H,3-4,10H2,1-2,5-8H3/b15-12+,17-9-,18-13+,20-19?. The van der Waals surface area contributed by atoms with Crippen molar-refractivity contribution < 1.29 is 9.53 Å². The molecule has 0 unspecified atom stereocenters. The zero-order chi connectivity index (χ0) is 18.0. The van der Waals surface area contributed by atoms with E-state index in [4.69, 9.17) is 4.74 Å². The molecule has 0 aromatic heterocycles. The highest BCUT2D eigenvalue weighted by Gasteiger charge is 2.20. The van der Waals surface area contributed by atoms with E-state index in [1.807, 2.05) is 26.8 Å². The van der Waals surface area contributed by atoms with Gasteiger partial charge in [-0.05, 0) is 51.0 Å². The Morgan fingerprint density at radius 3 is 2.22 bits per heavy atom. The maximum atomic E-state index is 12.2. The predicted molar refractivity (Wildman–Crippen MR) is 97.9 cm³/mol. The fraction of sp³-hybridized carbons (Fsp3) is 0.368. The Labute approximate surface area is 140 Å². The molecule has 0 rings (SSSR count). The summed E-state index contributed by atoms with van der Waals surface area (Å²) < 4.78 is 5.14. The summed E-state index contributed by atoms with van der Waals surface area (Å²) in [5, 5.41) is 0. The van der Waals surface area contributed by atoms with Crippen LogP contribution in [0.4, 0.5) is 0 Å². The molecule has 0 radical (unpaired) electrons. The topological polar surface area (TPSA) is 41.9 Å². The molecule has 0 saturated carbocycles. The predicted octanol–water partition coefficient (Wildman–Crippen LogP) is 4.74. The van der Waals surface area contributed by atoms with Crippen molar-refractivity contribution in [2.24, 2.45) is 4.99 Å². The van der Waals surface area contributed by atoms with Crippen LogP contribution in [0, 0.1) is 0 Å². The highest BCUT2D eigenvalue weighted by atomic mass is 16.5. The van der Waals surface area contributed by atoms with Crippen molar-refractivity contribution in [3.63, 3.8) is 0 Å². The van der Waals surface area contributed by atoms with Gasteiger partial charge < -0.3 is 4.74 Å². The van der Waals surface area contributed by atoms with E-state index in [0.717, 1.165) is 17.7 Å². The number of amidine groups is 1. The van der Waals surface area contributed by atoms with Gasteiger partial charge in [-0.1, -0.05) is 26.2 Å². The van der Waals surface area contributed by atoms with Crippen LogP contribution in [0.3, 0.4) is 0 Å². The number of carbonyl (C=O) groups is 1. The lowest BCUT2D eigenvalue weighted by atomic mass is 10.1. The van der Waals surface area contributed by atoms with Gasteiger partial charge in [0.05, 0.1) is 7.11 Å². The van der Waals surface area contributed by atoms with Crippen LogP contribution in [0.5, 0.6) is 0 Å². The minimum Gasteiger partial charge on any atom is -0.497 e. The minimum atomic E-state index is -0.113. The van der Waals surface area contributed by atoms with E-state index in [1.165, 1.54) is 6.92 Å². The summed E-state index contributed by atoms with van der Waals surface area (Å²) in [7, 11) is 1.57. The van der Waals surface area contributed by atoms with Crippen molar-refractivity contribution in [3.8, 4) is 0 Å². The number of methoxy groups -OCH3 is 1. The van der Waals surface area contributed by atoms with Crippen LogP contribution < -0.4 is 0 Å². The number of hydrogen-bond donors (Lipinski definition) is 0. The van der Waals surface area contributed by atoms with Crippen LogP contribution in [0.15, 0.2) is 65.2 Å². The molecule has 0 atom stereocenters. The number of rotatable bonds is 7. The fourth-order valence-corrected chi connectivity index (χ4v) is 2.00. The molecular weight excluding hydrogens is 288 g/mol. The lowest BCUT2D eigenvalue weighted by Gasteiger charge is -2.25. The first-order chi connectivity index (χ1) is 10.8. The average molecular weight is 316 g/mol. The molecule has 0 N–H and O–H groups in total. The number of amides is 1. The number of hydrogen-bond acceptors (Lipinski definition) is 3. The molecule has 0 bridgehead atoms. The Morgan fingerprint density at radius 2 is 1.87 bits per heavy atom. The zero-order valence-electron chi connectivity index (χ0n) is 15.1. The summed E-state index contributed by atoms with van der Waals surface area (Å²) in [5.74, 6) is 1.11. The van der Waals surface area contributed by atoms with Crippen molar-refractivity contribution in [1.29, 1.82) is 0 Å². The second-order valence-corrected chi connectivity index (χ2v) is 4.98. The number of nitrogens with zero attached hydrogens (tertiary/aromatic N) is 2. The molecule has 0 aromatic carbocycles. The summed E-state index contributed by atoms with van der Waals surface area (Å²) in [6.07, 6.45) is 7.90. The van der Waals surface area contributed by atoms with Gasteiger partial charge in [-0.25, -0.2) is 4.99 Å². The van der Waals surface area contributed by atoms with E-state index in [-0.39, 0.29) is 5.91 Å². The summed E-state index contributed by atoms with van der Waals surface area (Å²) in [6.45, 7) is 16.6. The van der Waals surface area contributed by atoms with Crippen molar-refractivity contribution in [2.45, 2.75) is 41.0 Å². The number of aliphatic imine (C=N–C) groups is 1. The molecule has 23 heavy (non-hydrogen) atoms. The number of allylic oxidation sites excluding steroid dienone is 6. The molecule has 0 fully saturated rings. The van der Waals surface area contributed by atoms with Crippen LogP contribution >= 0.6 is 0 Å². The molecule has 4 heteroatoms. The Bertz CT molecular complexity index is 578. The molecule has 0 aromatic rings. The molecule has 0 aliphatic carbocycles. The first-order valence-electron chi connectivity index (χ1n) is 7.57. The van der Waals surface area contributed by atoms with Gasteiger partial charge in [-0.15, -0.1) is 0 Å². The van der Waals surface area contributed by atoms with Gasteiger partial charge in [0.1, 0.15) is 11.6 Å². The Morgan fingerprint density at radius 1 is 1.26 bits per heavy atom. The average Bonchev–Trinajstić information content (AvgIpc) is 2.48. The first-order valence-corrected chi connectivity index (χ1v) is 7.57. The molecule has 0 aliphatic heterocycles. The summed E-state index contributed by atoms with van der Waals surface area (Å²) in [4.78, 5) is 18.3. The molecule has 0 heterocycles. The van der Waals surface area contributed by atoms with Gasteiger partial charge in [0.15, 0.2) is 0 Å². The van der Waals surface area contributed by atoms with Crippen molar-refractivity contribution in [2.75, 3.05) is 7.11 Å². The van der Waals surface area contributed by atoms with Crippen LogP contribution in [0.25, 0.3) is 0 Å². The van der Waals surface area contributed by atoms with E-state index in [0.29, 0.717) is 17.3 Å². The van der Waals surface area contributed by atoms with Crippen molar-refractivity contribution in [3.05, 3.63) is 60.2 Å². The van der Waals surface area contributed by atoms with Crippen LogP contribution in [0.1, 0.15) is 41.0 Å². The van der Waals surface area contributed by atoms with Gasteiger partial charge in [0.2, 0.25) is 5.91 Å².